The van der Waals surface area contributed by atoms with Gasteiger partial charge in [-0.1, -0.05) is 54.8 Å². The van der Waals surface area contributed by atoms with Crippen LogP contribution in [0.3, 0.4) is 0 Å². The molecule has 1 aliphatic carbocycles. The lowest BCUT2D eigenvalue weighted by atomic mass is 10.1. The smallest absolute Gasteiger partial charge is 0.352 e. The van der Waals surface area contributed by atoms with Crippen LogP contribution in [0.4, 0.5) is 18.9 Å². The molecule has 1 aliphatic rings. The molecule has 12 heteroatoms. The Morgan fingerprint density at radius 2 is 1.74 bits per heavy atom. The Morgan fingerprint density at radius 1 is 1.11 bits per heavy atom. The largest absolute Gasteiger partial charge is 0.416 e. The lowest BCUT2D eigenvalue weighted by Crippen LogP contribution is -2.53. The van der Waals surface area contributed by atoms with Gasteiger partial charge in [0.2, 0.25) is 21.8 Å². The third kappa shape index (κ3) is 7.86. The molecule has 1 atom stereocenters. The highest BCUT2D eigenvalue weighted by atomic mass is 35.5. The number of nitrogens with zero attached hydrogens (tertiary/aromatic N) is 2. The van der Waals surface area contributed by atoms with Gasteiger partial charge in [0.05, 0.1) is 22.5 Å². The van der Waals surface area contributed by atoms with Crippen LogP contribution in [0.15, 0.2) is 48.5 Å². The molecule has 0 radical (unpaired) electrons. The summed E-state index contributed by atoms with van der Waals surface area (Å²) in [6, 6.07) is 10.6. The summed E-state index contributed by atoms with van der Waals surface area (Å²) in [5.74, 6) is -1.12. The second kappa shape index (κ2) is 12.4. The standard InChI is InChI=1S/C26H31ClF3N3O4S/c1-18(25(35)31-21-10-6-7-11-21)32(15-14-19-8-4-3-5-9-19)24(34)17-33(38(2,36)37)23-16-20(26(28,29)30)12-13-22(23)27/h3-5,8-9,12-13,16,18,21H,6-7,10-11,14-15,17H2,1-2H3,(H,31,35)/t18-/m1/s1. The maximum atomic E-state index is 13.5. The van der Waals surface area contributed by atoms with E-state index >= 15 is 0 Å². The molecule has 0 heterocycles. The molecule has 2 amide bonds. The summed E-state index contributed by atoms with van der Waals surface area (Å²) in [5, 5.41) is 2.69. The number of sulfonamides is 1. The van der Waals surface area contributed by atoms with Crippen LogP contribution in [-0.2, 0) is 32.2 Å². The molecule has 0 spiro atoms. The number of carbonyl (C=O) groups excluding carboxylic acids is 2. The summed E-state index contributed by atoms with van der Waals surface area (Å²) < 4.78 is 65.9. The van der Waals surface area contributed by atoms with Crippen molar-refractivity contribution in [1.29, 1.82) is 0 Å². The summed E-state index contributed by atoms with van der Waals surface area (Å²) in [5.41, 5.74) is -0.679. The Morgan fingerprint density at radius 3 is 2.32 bits per heavy atom. The maximum absolute atomic E-state index is 13.5. The van der Waals surface area contributed by atoms with Gasteiger partial charge in [0.25, 0.3) is 0 Å². The quantitative estimate of drug-likeness (QED) is 0.448. The summed E-state index contributed by atoms with van der Waals surface area (Å²) in [7, 11) is -4.23. The zero-order chi connectivity index (χ0) is 28.1. The molecule has 0 aliphatic heterocycles. The average molecular weight is 574 g/mol. The molecule has 1 saturated carbocycles. The minimum atomic E-state index is -4.75. The van der Waals surface area contributed by atoms with Gasteiger partial charge in [0.1, 0.15) is 12.6 Å². The average Bonchev–Trinajstić information content (AvgIpc) is 3.35. The van der Waals surface area contributed by atoms with Gasteiger partial charge in [-0.25, -0.2) is 8.42 Å². The summed E-state index contributed by atoms with van der Waals surface area (Å²) in [6.45, 7) is 0.820. The Hall–Kier alpha value is -2.79. The minimum absolute atomic E-state index is 0.00691. The van der Waals surface area contributed by atoms with Crippen molar-refractivity contribution in [2.45, 2.75) is 57.3 Å². The van der Waals surface area contributed by atoms with E-state index in [1.807, 2.05) is 30.3 Å². The maximum Gasteiger partial charge on any atom is 0.416 e. The predicted molar refractivity (Wildman–Crippen MR) is 140 cm³/mol. The fourth-order valence-corrected chi connectivity index (χ4v) is 5.56. The number of carbonyl (C=O) groups is 2. The summed E-state index contributed by atoms with van der Waals surface area (Å²) in [4.78, 5) is 27.8. The van der Waals surface area contributed by atoms with E-state index in [1.165, 1.54) is 4.90 Å². The highest BCUT2D eigenvalue weighted by molar-refractivity contribution is 7.92. The van der Waals surface area contributed by atoms with E-state index < -0.39 is 45.9 Å². The Balaban J connectivity index is 1.90. The number of nitrogens with one attached hydrogen (secondary N) is 1. The predicted octanol–water partition coefficient (Wildman–Crippen LogP) is 4.64. The van der Waals surface area contributed by atoms with E-state index in [2.05, 4.69) is 5.32 Å². The van der Waals surface area contributed by atoms with Crippen LogP contribution in [0.1, 0.15) is 43.7 Å². The summed E-state index contributed by atoms with van der Waals surface area (Å²) in [6.07, 6.45) is 0.0893. The van der Waals surface area contributed by atoms with Gasteiger partial charge in [-0.2, -0.15) is 13.2 Å². The second-order valence-electron chi connectivity index (χ2n) is 9.42. The molecular formula is C26H31ClF3N3O4S. The molecule has 1 N–H and O–H groups in total. The third-order valence-corrected chi connectivity index (χ3v) is 8.02. The Kier molecular flexibility index (Phi) is 9.69. The molecule has 3 rings (SSSR count). The van der Waals surface area contributed by atoms with Gasteiger partial charge in [-0.05, 0) is 49.9 Å². The first-order chi connectivity index (χ1) is 17.8. The van der Waals surface area contributed by atoms with Crippen molar-refractivity contribution in [3.63, 3.8) is 0 Å². The fraction of sp³-hybridized carbons (Fsp3) is 0.462. The van der Waals surface area contributed by atoms with Gasteiger partial charge < -0.3 is 10.2 Å². The summed E-state index contributed by atoms with van der Waals surface area (Å²) >= 11 is 6.10. The zero-order valence-corrected chi connectivity index (χ0v) is 22.7. The number of amides is 2. The highest BCUT2D eigenvalue weighted by Gasteiger charge is 2.35. The first-order valence-corrected chi connectivity index (χ1v) is 14.5. The topological polar surface area (TPSA) is 86.8 Å². The van der Waals surface area contributed by atoms with E-state index in [1.54, 1.807) is 6.92 Å². The van der Waals surface area contributed by atoms with Crippen LogP contribution in [-0.4, -0.2) is 56.6 Å². The Labute approximate surface area is 226 Å². The number of hydrogen-bond acceptors (Lipinski definition) is 4. The second-order valence-corrected chi connectivity index (χ2v) is 11.7. The molecule has 2 aromatic rings. The first-order valence-electron chi connectivity index (χ1n) is 12.3. The SMILES string of the molecule is C[C@H](C(=O)NC1CCCC1)N(CCc1ccccc1)C(=O)CN(c1cc(C(F)(F)F)ccc1Cl)S(C)(=O)=O. The van der Waals surface area contributed by atoms with Crippen LogP contribution in [0, 0.1) is 0 Å². The molecular weight excluding hydrogens is 543 g/mol. The molecule has 208 valence electrons. The fourth-order valence-electron chi connectivity index (χ4n) is 4.44. The van der Waals surface area contributed by atoms with Crippen molar-refractivity contribution in [1.82, 2.24) is 10.2 Å². The zero-order valence-electron chi connectivity index (χ0n) is 21.2. The molecule has 7 nitrogen and oxygen atoms in total. The van der Waals surface area contributed by atoms with Crippen molar-refractivity contribution >= 4 is 39.1 Å². The lowest BCUT2D eigenvalue weighted by Gasteiger charge is -2.32. The van der Waals surface area contributed by atoms with Crippen molar-refractivity contribution in [3.8, 4) is 0 Å². The first kappa shape index (κ1) is 29.8. The van der Waals surface area contributed by atoms with Gasteiger partial charge in [0.15, 0.2) is 0 Å². The number of alkyl halides is 3. The van der Waals surface area contributed by atoms with E-state index in [0.29, 0.717) is 16.8 Å². The van der Waals surface area contributed by atoms with Crippen molar-refractivity contribution in [2.24, 2.45) is 0 Å². The van der Waals surface area contributed by atoms with Crippen LogP contribution in [0.2, 0.25) is 5.02 Å². The normalized spacial score (nSPS) is 15.2. The molecule has 0 unspecified atom stereocenters. The molecule has 38 heavy (non-hydrogen) atoms. The number of rotatable bonds is 10. The van der Waals surface area contributed by atoms with Gasteiger partial charge in [-0.3, -0.25) is 13.9 Å². The van der Waals surface area contributed by atoms with E-state index in [-0.39, 0.29) is 23.5 Å². The molecule has 0 bridgehead atoms. The molecule has 2 aromatic carbocycles. The van der Waals surface area contributed by atoms with Crippen molar-refractivity contribution < 1.29 is 31.2 Å². The van der Waals surface area contributed by atoms with Gasteiger partial charge in [-0.15, -0.1) is 0 Å². The number of halogens is 4. The van der Waals surface area contributed by atoms with Crippen LogP contribution >= 0.6 is 11.6 Å². The van der Waals surface area contributed by atoms with Crippen molar-refractivity contribution in [2.75, 3.05) is 23.7 Å². The third-order valence-electron chi connectivity index (χ3n) is 6.57. The van der Waals surface area contributed by atoms with Crippen LogP contribution in [0.25, 0.3) is 0 Å². The molecule has 1 fully saturated rings. The monoisotopic (exact) mass is 573 g/mol. The van der Waals surface area contributed by atoms with Gasteiger partial charge >= 0.3 is 6.18 Å². The lowest BCUT2D eigenvalue weighted by molar-refractivity contribution is -0.139. The van der Waals surface area contributed by atoms with E-state index in [0.717, 1.165) is 49.6 Å². The number of anilines is 1. The number of hydrogen-bond donors (Lipinski definition) is 1. The molecule has 0 saturated heterocycles. The molecule has 0 aromatic heterocycles. The van der Waals surface area contributed by atoms with Gasteiger partial charge in [0, 0.05) is 12.6 Å². The minimum Gasteiger partial charge on any atom is -0.352 e. The van der Waals surface area contributed by atoms with Crippen molar-refractivity contribution in [3.05, 3.63) is 64.7 Å². The van der Waals surface area contributed by atoms with Crippen LogP contribution in [0.5, 0.6) is 0 Å². The van der Waals surface area contributed by atoms with E-state index in [9.17, 15) is 31.2 Å². The van der Waals surface area contributed by atoms with Crippen LogP contribution < -0.4 is 9.62 Å². The Bertz CT molecular complexity index is 1240. The van der Waals surface area contributed by atoms with E-state index in [4.69, 9.17) is 11.6 Å². The number of benzene rings is 2. The highest BCUT2D eigenvalue weighted by Crippen LogP contribution is 2.36.